The van der Waals surface area contributed by atoms with Crippen LogP contribution in [0.25, 0.3) is 0 Å². The van der Waals surface area contributed by atoms with Crippen molar-refractivity contribution in [3.05, 3.63) is 29.6 Å². The molecule has 0 bridgehead atoms. The SMILES string of the molecule is CCC1CCCCN1C(=O)c1ccnc(C(=O)N2CCN(C)CC2)c1. The van der Waals surface area contributed by atoms with Crippen molar-refractivity contribution in [3.63, 3.8) is 0 Å². The lowest BCUT2D eigenvalue weighted by atomic mass is 9.99. The quantitative estimate of drug-likeness (QED) is 0.840. The fraction of sp³-hybridized carbons (Fsp3) is 0.632. The number of nitrogens with zero attached hydrogens (tertiary/aromatic N) is 4. The molecule has 2 saturated heterocycles. The van der Waals surface area contributed by atoms with Gasteiger partial charge in [0.2, 0.25) is 0 Å². The molecule has 0 saturated carbocycles. The van der Waals surface area contributed by atoms with Gasteiger partial charge in [-0.2, -0.15) is 0 Å². The first-order valence-electron chi connectivity index (χ1n) is 9.35. The predicted octanol–water partition coefficient (Wildman–Crippen LogP) is 1.87. The number of hydrogen-bond acceptors (Lipinski definition) is 4. The maximum atomic E-state index is 12.9. The fourth-order valence-corrected chi connectivity index (χ4v) is 3.71. The second-order valence-corrected chi connectivity index (χ2v) is 7.08. The summed E-state index contributed by atoms with van der Waals surface area (Å²) in [5.74, 6) is -0.0465. The maximum absolute atomic E-state index is 12.9. The second-order valence-electron chi connectivity index (χ2n) is 7.08. The molecule has 0 aromatic carbocycles. The molecule has 1 aromatic heterocycles. The van der Waals surface area contributed by atoms with Gasteiger partial charge in [0.25, 0.3) is 11.8 Å². The summed E-state index contributed by atoms with van der Waals surface area (Å²) < 4.78 is 0. The summed E-state index contributed by atoms with van der Waals surface area (Å²) in [5.41, 5.74) is 0.952. The van der Waals surface area contributed by atoms with Gasteiger partial charge in [-0.3, -0.25) is 14.6 Å². The van der Waals surface area contributed by atoms with E-state index in [4.69, 9.17) is 0 Å². The third-order valence-electron chi connectivity index (χ3n) is 5.38. The first-order valence-corrected chi connectivity index (χ1v) is 9.35. The molecule has 1 aromatic rings. The standard InChI is InChI=1S/C19H28N4O2/c1-3-16-6-4-5-9-23(16)18(24)15-7-8-20-17(14-15)19(25)22-12-10-21(2)11-13-22/h7-8,14,16H,3-6,9-13H2,1-2H3. The molecule has 2 amide bonds. The van der Waals surface area contributed by atoms with Crippen LogP contribution < -0.4 is 0 Å². The highest BCUT2D eigenvalue weighted by molar-refractivity contribution is 5.98. The number of aromatic nitrogens is 1. The zero-order valence-electron chi connectivity index (χ0n) is 15.3. The van der Waals surface area contributed by atoms with Gasteiger partial charge >= 0.3 is 0 Å². The lowest BCUT2D eigenvalue weighted by molar-refractivity contribution is 0.0607. The Balaban J connectivity index is 1.74. The van der Waals surface area contributed by atoms with Crippen LogP contribution in [0.1, 0.15) is 53.5 Å². The Kier molecular flexibility index (Phi) is 5.68. The van der Waals surface area contributed by atoms with E-state index in [1.54, 1.807) is 18.3 Å². The Morgan fingerprint density at radius 1 is 1.12 bits per heavy atom. The lowest BCUT2D eigenvalue weighted by Gasteiger charge is -2.35. The third kappa shape index (κ3) is 4.00. The van der Waals surface area contributed by atoms with Crippen LogP contribution in [0.15, 0.2) is 18.3 Å². The van der Waals surface area contributed by atoms with Crippen molar-refractivity contribution in [1.29, 1.82) is 0 Å². The number of likely N-dealkylation sites (tertiary alicyclic amines) is 1. The Morgan fingerprint density at radius 3 is 2.60 bits per heavy atom. The Morgan fingerprint density at radius 2 is 1.88 bits per heavy atom. The van der Waals surface area contributed by atoms with Crippen LogP contribution in [0.4, 0.5) is 0 Å². The molecule has 2 fully saturated rings. The molecule has 1 atom stereocenters. The lowest BCUT2D eigenvalue weighted by Crippen LogP contribution is -2.47. The average molecular weight is 344 g/mol. The largest absolute Gasteiger partial charge is 0.336 e. The number of rotatable bonds is 3. The molecule has 0 radical (unpaired) electrons. The summed E-state index contributed by atoms with van der Waals surface area (Å²) in [4.78, 5) is 35.9. The minimum Gasteiger partial charge on any atom is -0.336 e. The predicted molar refractivity (Wildman–Crippen MR) is 96.6 cm³/mol. The molecule has 6 heteroatoms. The van der Waals surface area contributed by atoms with Crippen LogP contribution in [0.5, 0.6) is 0 Å². The topological polar surface area (TPSA) is 56.8 Å². The summed E-state index contributed by atoms with van der Waals surface area (Å²) in [7, 11) is 2.06. The molecular weight excluding hydrogens is 316 g/mol. The molecule has 2 aliphatic rings. The van der Waals surface area contributed by atoms with Crippen molar-refractivity contribution in [3.8, 4) is 0 Å². The van der Waals surface area contributed by atoms with E-state index in [0.717, 1.165) is 38.9 Å². The van der Waals surface area contributed by atoms with Crippen molar-refractivity contribution in [2.45, 2.75) is 38.6 Å². The number of piperidine rings is 1. The highest BCUT2D eigenvalue weighted by Gasteiger charge is 2.27. The summed E-state index contributed by atoms with van der Waals surface area (Å²) >= 11 is 0. The van der Waals surface area contributed by atoms with Crippen molar-refractivity contribution < 1.29 is 9.59 Å². The van der Waals surface area contributed by atoms with Crippen LogP contribution in [0.2, 0.25) is 0 Å². The van der Waals surface area contributed by atoms with Crippen LogP contribution in [0.3, 0.4) is 0 Å². The van der Waals surface area contributed by atoms with E-state index >= 15 is 0 Å². The summed E-state index contributed by atoms with van der Waals surface area (Å²) in [6, 6.07) is 3.71. The molecule has 2 aliphatic heterocycles. The zero-order valence-corrected chi connectivity index (χ0v) is 15.3. The summed E-state index contributed by atoms with van der Waals surface area (Å²) in [6.45, 7) is 6.09. The summed E-state index contributed by atoms with van der Waals surface area (Å²) in [6.07, 6.45) is 5.87. The molecule has 6 nitrogen and oxygen atoms in total. The molecule has 1 unspecified atom stereocenters. The maximum Gasteiger partial charge on any atom is 0.272 e. The average Bonchev–Trinajstić information content (AvgIpc) is 2.67. The smallest absolute Gasteiger partial charge is 0.272 e. The van der Waals surface area contributed by atoms with Gasteiger partial charge in [0.1, 0.15) is 5.69 Å². The van der Waals surface area contributed by atoms with Crippen molar-refractivity contribution in [1.82, 2.24) is 19.7 Å². The third-order valence-corrected chi connectivity index (χ3v) is 5.38. The van der Waals surface area contributed by atoms with Gasteiger partial charge in [-0.15, -0.1) is 0 Å². The molecule has 3 rings (SSSR count). The van der Waals surface area contributed by atoms with Crippen molar-refractivity contribution in [2.24, 2.45) is 0 Å². The second kappa shape index (κ2) is 7.95. The van der Waals surface area contributed by atoms with Crippen molar-refractivity contribution >= 4 is 11.8 Å². The number of piperazine rings is 1. The Labute approximate surface area is 149 Å². The molecule has 3 heterocycles. The molecule has 0 spiro atoms. The normalized spacial score (nSPS) is 22.1. The van der Waals surface area contributed by atoms with E-state index in [1.807, 2.05) is 9.80 Å². The van der Waals surface area contributed by atoms with Gasteiger partial charge in [0, 0.05) is 50.5 Å². The monoisotopic (exact) mass is 344 g/mol. The minimum atomic E-state index is -0.0755. The first-order chi connectivity index (χ1) is 12.1. The number of pyridine rings is 1. The van der Waals surface area contributed by atoms with Crippen LogP contribution in [-0.4, -0.2) is 77.3 Å². The van der Waals surface area contributed by atoms with Crippen molar-refractivity contribution in [2.75, 3.05) is 39.8 Å². The molecular formula is C19H28N4O2. The van der Waals surface area contributed by atoms with Gasteiger partial charge in [0.05, 0.1) is 0 Å². The van der Waals surface area contributed by atoms with Gasteiger partial charge in [-0.05, 0) is 44.9 Å². The van der Waals surface area contributed by atoms with Crippen LogP contribution >= 0.6 is 0 Å². The zero-order chi connectivity index (χ0) is 17.8. The Hall–Kier alpha value is -1.95. The molecule has 0 N–H and O–H groups in total. The molecule has 0 aliphatic carbocycles. The van der Waals surface area contributed by atoms with E-state index in [1.165, 1.54) is 6.42 Å². The summed E-state index contributed by atoms with van der Waals surface area (Å²) in [5, 5.41) is 0. The van der Waals surface area contributed by atoms with E-state index in [0.29, 0.717) is 30.4 Å². The van der Waals surface area contributed by atoms with E-state index in [2.05, 4.69) is 23.9 Å². The highest BCUT2D eigenvalue weighted by atomic mass is 16.2. The first kappa shape index (κ1) is 17.9. The van der Waals surface area contributed by atoms with E-state index in [9.17, 15) is 9.59 Å². The van der Waals surface area contributed by atoms with Gasteiger partial charge in [-0.25, -0.2) is 0 Å². The fourth-order valence-electron chi connectivity index (χ4n) is 3.71. The van der Waals surface area contributed by atoms with Gasteiger partial charge < -0.3 is 14.7 Å². The van der Waals surface area contributed by atoms with Crippen LogP contribution in [0, 0.1) is 0 Å². The Bertz CT molecular complexity index is 626. The number of amides is 2. The molecule has 25 heavy (non-hydrogen) atoms. The highest BCUT2D eigenvalue weighted by Crippen LogP contribution is 2.22. The van der Waals surface area contributed by atoms with E-state index < -0.39 is 0 Å². The number of likely N-dealkylation sites (N-methyl/N-ethyl adjacent to an activating group) is 1. The van der Waals surface area contributed by atoms with Crippen LogP contribution in [-0.2, 0) is 0 Å². The van der Waals surface area contributed by atoms with E-state index in [-0.39, 0.29) is 11.8 Å². The molecule has 136 valence electrons. The minimum absolute atomic E-state index is 0.0291. The number of carbonyl (C=O) groups excluding carboxylic acids is 2. The van der Waals surface area contributed by atoms with Gasteiger partial charge in [-0.1, -0.05) is 6.92 Å². The number of hydrogen-bond donors (Lipinski definition) is 0. The van der Waals surface area contributed by atoms with Gasteiger partial charge in [0.15, 0.2) is 0 Å². The number of carbonyl (C=O) groups is 2.